The van der Waals surface area contributed by atoms with Crippen LogP contribution in [0, 0.1) is 0 Å². The Balaban J connectivity index is 1.46. The standard InChI is InChI=1S/C31H25NO/c1-33-30-22-20-29(21-23-30)32(27-11-3-2-4-12-27)28-18-15-24(16-19-28)14-17-26-10-7-9-25-8-5-6-13-31(25)26/h2-23H,1H3. The second-order valence-corrected chi connectivity index (χ2v) is 7.86. The van der Waals surface area contributed by atoms with Crippen LogP contribution in [0.4, 0.5) is 17.1 Å². The first-order valence-corrected chi connectivity index (χ1v) is 11.1. The van der Waals surface area contributed by atoms with Crippen molar-refractivity contribution in [2.24, 2.45) is 0 Å². The molecule has 5 aromatic carbocycles. The maximum atomic E-state index is 5.34. The van der Waals surface area contributed by atoms with E-state index < -0.39 is 0 Å². The highest BCUT2D eigenvalue weighted by atomic mass is 16.5. The second kappa shape index (κ2) is 9.46. The molecule has 0 heterocycles. The third-order valence-electron chi connectivity index (χ3n) is 5.78. The lowest BCUT2D eigenvalue weighted by molar-refractivity contribution is 0.415. The summed E-state index contributed by atoms with van der Waals surface area (Å²) in [5, 5.41) is 2.52. The number of ether oxygens (including phenoxy) is 1. The van der Waals surface area contributed by atoms with E-state index in [2.05, 4.69) is 120 Å². The number of benzene rings is 5. The lowest BCUT2D eigenvalue weighted by Crippen LogP contribution is -2.09. The van der Waals surface area contributed by atoms with Crippen molar-refractivity contribution in [2.75, 3.05) is 12.0 Å². The zero-order chi connectivity index (χ0) is 22.5. The highest BCUT2D eigenvalue weighted by molar-refractivity contribution is 5.92. The molecule has 0 amide bonds. The van der Waals surface area contributed by atoms with Gasteiger partial charge in [0.15, 0.2) is 0 Å². The molecule has 2 heteroatoms. The number of nitrogens with zero attached hydrogens (tertiary/aromatic N) is 1. The molecule has 5 aromatic rings. The Bertz CT molecular complexity index is 1370. The van der Waals surface area contributed by atoms with Gasteiger partial charge in [-0.05, 0) is 70.4 Å². The van der Waals surface area contributed by atoms with E-state index in [1.54, 1.807) is 7.11 Å². The molecule has 0 N–H and O–H groups in total. The summed E-state index contributed by atoms with van der Waals surface area (Å²) < 4.78 is 5.34. The lowest BCUT2D eigenvalue weighted by atomic mass is 10.0. The van der Waals surface area contributed by atoms with Crippen LogP contribution < -0.4 is 9.64 Å². The molecule has 0 unspecified atom stereocenters. The van der Waals surface area contributed by atoms with Crippen LogP contribution in [0.15, 0.2) is 121 Å². The molecule has 33 heavy (non-hydrogen) atoms. The van der Waals surface area contributed by atoms with E-state index in [-0.39, 0.29) is 0 Å². The zero-order valence-electron chi connectivity index (χ0n) is 18.6. The van der Waals surface area contributed by atoms with Gasteiger partial charge in [-0.2, -0.15) is 0 Å². The topological polar surface area (TPSA) is 12.5 Å². The molecular formula is C31H25NO. The van der Waals surface area contributed by atoms with Gasteiger partial charge in [0, 0.05) is 17.1 Å². The molecule has 0 fully saturated rings. The summed E-state index contributed by atoms with van der Waals surface area (Å²) in [6, 6.07) is 42.1. The molecule has 0 radical (unpaired) electrons. The van der Waals surface area contributed by atoms with Crippen LogP contribution in [0.2, 0.25) is 0 Å². The Morgan fingerprint density at radius 1 is 0.545 bits per heavy atom. The number of fused-ring (bicyclic) bond motifs is 1. The van der Waals surface area contributed by atoms with E-state index in [0.29, 0.717) is 0 Å². The number of methoxy groups -OCH3 is 1. The summed E-state index contributed by atoms with van der Waals surface area (Å²) in [6.07, 6.45) is 4.36. The van der Waals surface area contributed by atoms with Gasteiger partial charge in [-0.15, -0.1) is 0 Å². The van der Waals surface area contributed by atoms with Gasteiger partial charge >= 0.3 is 0 Å². The number of hydrogen-bond acceptors (Lipinski definition) is 2. The van der Waals surface area contributed by atoms with Crippen LogP contribution >= 0.6 is 0 Å². The van der Waals surface area contributed by atoms with Gasteiger partial charge in [-0.1, -0.05) is 84.9 Å². The summed E-state index contributed by atoms with van der Waals surface area (Å²) in [5.74, 6) is 0.848. The van der Waals surface area contributed by atoms with Crippen LogP contribution in [0.5, 0.6) is 5.75 Å². The van der Waals surface area contributed by atoms with Crippen molar-refractivity contribution in [3.8, 4) is 5.75 Å². The second-order valence-electron chi connectivity index (χ2n) is 7.86. The Hall–Kier alpha value is -4.30. The predicted molar refractivity (Wildman–Crippen MR) is 141 cm³/mol. The van der Waals surface area contributed by atoms with E-state index in [1.165, 1.54) is 16.3 Å². The summed E-state index contributed by atoms with van der Waals surface area (Å²) >= 11 is 0. The third-order valence-corrected chi connectivity index (χ3v) is 5.78. The maximum Gasteiger partial charge on any atom is 0.119 e. The fourth-order valence-electron chi connectivity index (χ4n) is 4.07. The first-order valence-electron chi connectivity index (χ1n) is 11.1. The van der Waals surface area contributed by atoms with E-state index in [4.69, 9.17) is 4.74 Å². The van der Waals surface area contributed by atoms with Crippen molar-refractivity contribution < 1.29 is 4.74 Å². The molecule has 0 saturated heterocycles. The molecule has 0 bridgehead atoms. The molecule has 160 valence electrons. The quantitative estimate of drug-likeness (QED) is 0.252. The average Bonchev–Trinajstić information content (AvgIpc) is 2.89. The Morgan fingerprint density at radius 2 is 1.15 bits per heavy atom. The van der Waals surface area contributed by atoms with Crippen molar-refractivity contribution in [1.82, 2.24) is 0 Å². The molecule has 0 atom stereocenters. The predicted octanol–water partition coefficient (Wildman–Crippen LogP) is 8.49. The summed E-state index contributed by atoms with van der Waals surface area (Å²) in [7, 11) is 1.69. The first-order chi connectivity index (χ1) is 16.3. The average molecular weight is 428 g/mol. The van der Waals surface area contributed by atoms with Crippen LogP contribution in [0.25, 0.3) is 22.9 Å². The van der Waals surface area contributed by atoms with Crippen molar-refractivity contribution in [2.45, 2.75) is 0 Å². The number of anilines is 3. The molecule has 0 saturated carbocycles. The Morgan fingerprint density at radius 3 is 1.88 bits per heavy atom. The van der Waals surface area contributed by atoms with Gasteiger partial charge in [0.1, 0.15) is 5.75 Å². The number of rotatable bonds is 6. The van der Waals surface area contributed by atoms with E-state index >= 15 is 0 Å². The smallest absolute Gasteiger partial charge is 0.119 e. The minimum absolute atomic E-state index is 0.848. The number of hydrogen-bond donors (Lipinski definition) is 0. The molecule has 0 aromatic heterocycles. The molecule has 0 spiro atoms. The molecule has 0 aliphatic heterocycles. The van der Waals surface area contributed by atoms with Crippen molar-refractivity contribution >= 4 is 40.0 Å². The van der Waals surface area contributed by atoms with Gasteiger partial charge in [-0.3, -0.25) is 0 Å². The van der Waals surface area contributed by atoms with Crippen LogP contribution in [-0.2, 0) is 0 Å². The van der Waals surface area contributed by atoms with Crippen LogP contribution in [0.3, 0.4) is 0 Å². The van der Waals surface area contributed by atoms with Gasteiger partial charge < -0.3 is 9.64 Å². The van der Waals surface area contributed by atoms with E-state index in [0.717, 1.165) is 28.4 Å². The molecule has 2 nitrogen and oxygen atoms in total. The first kappa shape index (κ1) is 20.6. The van der Waals surface area contributed by atoms with Gasteiger partial charge in [0.05, 0.1) is 7.11 Å². The normalized spacial score (nSPS) is 11.1. The fraction of sp³-hybridized carbons (Fsp3) is 0.0323. The molecule has 0 aliphatic carbocycles. The minimum Gasteiger partial charge on any atom is -0.497 e. The highest BCUT2D eigenvalue weighted by Gasteiger charge is 2.12. The van der Waals surface area contributed by atoms with Crippen molar-refractivity contribution in [1.29, 1.82) is 0 Å². The monoisotopic (exact) mass is 427 g/mol. The zero-order valence-corrected chi connectivity index (χ0v) is 18.6. The van der Waals surface area contributed by atoms with Crippen molar-refractivity contribution in [3.05, 3.63) is 132 Å². The Kier molecular flexibility index (Phi) is 5.90. The summed E-state index contributed by atoms with van der Waals surface area (Å²) in [4.78, 5) is 2.25. The van der Waals surface area contributed by atoms with Gasteiger partial charge in [0.2, 0.25) is 0 Å². The number of para-hydroxylation sites is 1. The molecular weight excluding hydrogens is 402 g/mol. The van der Waals surface area contributed by atoms with Crippen molar-refractivity contribution in [3.63, 3.8) is 0 Å². The van der Waals surface area contributed by atoms with Gasteiger partial charge in [-0.25, -0.2) is 0 Å². The third kappa shape index (κ3) is 4.51. The highest BCUT2D eigenvalue weighted by Crippen LogP contribution is 2.35. The summed E-state index contributed by atoms with van der Waals surface area (Å²) in [6.45, 7) is 0. The summed E-state index contributed by atoms with van der Waals surface area (Å²) in [5.41, 5.74) is 5.69. The van der Waals surface area contributed by atoms with Crippen LogP contribution in [-0.4, -0.2) is 7.11 Å². The van der Waals surface area contributed by atoms with Gasteiger partial charge in [0.25, 0.3) is 0 Å². The fourth-order valence-corrected chi connectivity index (χ4v) is 4.07. The van der Waals surface area contributed by atoms with E-state index in [1.807, 2.05) is 18.2 Å². The molecule has 0 aliphatic rings. The minimum atomic E-state index is 0.848. The lowest BCUT2D eigenvalue weighted by Gasteiger charge is -2.25. The maximum absolute atomic E-state index is 5.34. The molecule has 5 rings (SSSR count). The SMILES string of the molecule is COc1ccc(N(c2ccccc2)c2ccc(C=Cc3cccc4ccccc34)cc2)cc1. The Labute approximate surface area is 195 Å². The van der Waals surface area contributed by atoms with E-state index in [9.17, 15) is 0 Å². The largest absolute Gasteiger partial charge is 0.497 e. The van der Waals surface area contributed by atoms with Crippen LogP contribution in [0.1, 0.15) is 11.1 Å².